The maximum atomic E-state index is 4.66. The number of aliphatic imine (C=N–C) groups is 1. The average Bonchev–Trinajstić information content (AvgIpc) is 2.87. The second kappa shape index (κ2) is 6.30. The molecule has 112 valence electrons. The van der Waals surface area contributed by atoms with E-state index in [0.717, 1.165) is 24.3 Å². The highest BCUT2D eigenvalue weighted by Gasteiger charge is 2.14. The number of aromatic amines is 1. The van der Waals surface area contributed by atoms with Gasteiger partial charge in [0.25, 0.3) is 0 Å². The Balaban J connectivity index is 2.25. The van der Waals surface area contributed by atoms with E-state index in [2.05, 4.69) is 69.7 Å². The zero-order valence-corrected chi connectivity index (χ0v) is 14.1. The number of H-pyrrole nitrogens is 1. The Morgan fingerprint density at radius 2 is 1.76 bits per heavy atom. The van der Waals surface area contributed by atoms with Crippen molar-refractivity contribution in [3.05, 3.63) is 51.5 Å². The van der Waals surface area contributed by atoms with Gasteiger partial charge in [0.05, 0.1) is 5.70 Å². The molecule has 21 heavy (non-hydrogen) atoms. The highest BCUT2D eigenvalue weighted by Crippen LogP contribution is 2.27. The van der Waals surface area contributed by atoms with E-state index in [9.17, 15) is 0 Å². The molecule has 2 nitrogen and oxygen atoms in total. The number of nitrogens with one attached hydrogen (secondary N) is 1. The molecular weight excluding hydrogens is 256 g/mol. The number of aryl methyl sites for hydroxylation is 1. The lowest BCUT2D eigenvalue weighted by atomic mass is 10.0. The Morgan fingerprint density at radius 1 is 1.05 bits per heavy atom. The molecule has 0 radical (unpaired) electrons. The quantitative estimate of drug-likeness (QED) is 0.777. The predicted octanol–water partition coefficient (Wildman–Crippen LogP) is 5.29. The highest BCUT2D eigenvalue weighted by atomic mass is 14.8. The van der Waals surface area contributed by atoms with Gasteiger partial charge in [-0.1, -0.05) is 19.9 Å². The largest absolute Gasteiger partial charge is 0.359 e. The van der Waals surface area contributed by atoms with E-state index >= 15 is 0 Å². The monoisotopic (exact) mass is 282 g/mol. The van der Waals surface area contributed by atoms with E-state index in [-0.39, 0.29) is 0 Å². The van der Waals surface area contributed by atoms with Crippen molar-refractivity contribution in [3.8, 4) is 0 Å². The summed E-state index contributed by atoms with van der Waals surface area (Å²) in [6.07, 6.45) is 8.50. The van der Waals surface area contributed by atoms with Crippen LogP contribution in [0.3, 0.4) is 0 Å². The summed E-state index contributed by atoms with van der Waals surface area (Å²) in [6.45, 7) is 13.0. The fourth-order valence-electron chi connectivity index (χ4n) is 3.19. The van der Waals surface area contributed by atoms with Gasteiger partial charge in [0.2, 0.25) is 0 Å². The van der Waals surface area contributed by atoms with Crippen molar-refractivity contribution in [1.29, 1.82) is 0 Å². The summed E-state index contributed by atoms with van der Waals surface area (Å²) in [5, 5.41) is 0. The molecule has 0 atom stereocenters. The van der Waals surface area contributed by atoms with E-state index in [1.165, 1.54) is 33.7 Å². The molecule has 0 saturated carbocycles. The van der Waals surface area contributed by atoms with Crippen LogP contribution in [0.4, 0.5) is 0 Å². The Kier molecular flexibility index (Phi) is 4.66. The van der Waals surface area contributed by atoms with E-state index < -0.39 is 0 Å². The molecule has 1 aliphatic rings. The Morgan fingerprint density at radius 3 is 2.29 bits per heavy atom. The van der Waals surface area contributed by atoms with Crippen LogP contribution in [0.2, 0.25) is 0 Å². The molecule has 2 heterocycles. The van der Waals surface area contributed by atoms with Crippen molar-refractivity contribution in [2.75, 3.05) is 0 Å². The first-order valence-corrected chi connectivity index (χ1v) is 7.81. The molecule has 0 aliphatic carbocycles. The van der Waals surface area contributed by atoms with E-state index in [1.54, 1.807) is 0 Å². The Labute approximate surface area is 128 Å². The molecule has 0 fully saturated rings. The molecule has 0 saturated heterocycles. The number of hydrogen-bond acceptors (Lipinski definition) is 1. The van der Waals surface area contributed by atoms with Gasteiger partial charge >= 0.3 is 0 Å². The van der Waals surface area contributed by atoms with Crippen LogP contribution in [-0.2, 0) is 6.42 Å². The summed E-state index contributed by atoms with van der Waals surface area (Å²) in [7, 11) is 0. The lowest BCUT2D eigenvalue weighted by molar-refractivity contribution is 1.08. The summed E-state index contributed by atoms with van der Waals surface area (Å²) in [5.41, 5.74) is 10.2. The van der Waals surface area contributed by atoms with Gasteiger partial charge in [-0.05, 0) is 75.0 Å². The van der Waals surface area contributed by atoms with Gasteiger partial charge in [-0.2, -0.15) is 0 Å². The molecule has 1 N–H and O–H groups in total. The van der Waals surface area contributed by atoms with E-state index in [4.69, 9.17) is 0 Å². The van der Waals surface area contributed by atoms with Crippen LogP contribution < -0.4 is 0 Å². The minimum absolute atomic E-state index is 1.05. The standard InChI is InChI=1S/C19H26N2/c1-7-16-12(3)18(20-14(16)5)10-9-11-19-13(4)17(8-2)15(6)21-19/h9-11,20H,7-8H2,1-6H3. The summed E-state index contributed by atoms with van der Waals surface area (Å²) in [6, 6.07) is 0. The molecule has 2 heteroatoms. The van der Waals surface area contributed by atoms with Crippen LogP contribution in [0.25, 0.3) is 6.08 Å². The fourth-order valence-corrected chi connectivity index (χ4v) is 3.19. The van der Waals surface area contributed by atoms with Gasteiger partial charge in [-0.25, -0.2) is 0 Å². The van der Waals surface area contributed by atoms with Gasteiger partial charge in [-0.3, -0.25) is 4.99 Å². The summed E-state index contributed by atoms with van der Waals surface area (Å²) in [4.78, 5) is 8.12. The van der Waals surface area contributed by atoms with Crippen LogP contribution in [-0.4, -0.2) is 10.7 Å². The molecule has 2 rings (SSSR count). The number of aromatic nitrogens is 1. The molecule has 0 bridgehead atoms. The van der Waals surface area contributed by atoms with Crippen LogP contribution in [0.5, 0.6) is 0 Å². The van der Waals surface area contributed by atoms with Gasteiger partial charge in [0, 0.05) is 17.1 Å². The molecule has 0 amide bonds. The SMILES string of the molecule is CCC1=C(C)C(=CC=Cc2[nH]c(C)c(CC)c2C)N=C1C. The molecule has 0 unspecified atom stereocenters. The number of hydrogen-bond donors (Lipinski definition) is 1. The topological polar surface area (TPSA) is 28.1 Å². The zero-order chi connectivity index (χ0) is 15.6. The van der Waals surface area contributed by atoms with Crippen molar-refractivity contribution in [2.45, 2.75) is 54.4 Å². The normalized spacial score (nSPS) is 17.4. The zero-order valence-electron chi connectivity index (χ0n) is 14.1. The molecule has 1 aromatic heterocycles. The lowest BCUT2D eigenvalue weighted by Crippen LogP contribution is -1.91. The predicted molar refractivity (Wildman–Crippen MR) is 92.9 cm³/mol. The van der Waals surface area contributed by atoms with Crippen molar-refractivity contribution < 1.29 is 0 Å². The van der Waals surface area contributed by atoms with Crippen molar-refractivity contribution >= 4 is 11.8 Å². The summed E-state index contributed by atoms with van der Waals surface area (Å²) >= 11 is 0. The molecule has 1 aliphatic heterocycles. The van der Waals surface area contributed by atoms with Crippen LogP contribution in [0, 0.1) is 13.8 Å². The molecule has 0 aromatic carbocycles. The van der Waals surface area contributed by atoms with Gasteiger partial charge < -0.3 is 4.98 Å². The number of nitrogens with zero attached hydrogens (tertiary/aromatic N) is 1. The second-order valence-electron chi connectivity index (χ2n) is 5.69. The number of rotatable bonds is 4. The molecule has 0 spiro atoms. The third kappa shape index (κ3) is 2.94. The lowest BCUT2D eigenvalue weighted by Gasteiger charge is -1.98. The van der Waals surface area contributed by atoms with E-state index in [0.29, 0.717) is 0 Å². The third-order valence-electron chi connectivity index (χ3n) is 4.42. The highest BCUT2D eigenvalue weighted by molar-refractivity contribution is 6.03. The maximum Gasteiger partial charge on any atom is 0.0665 e. The number of allylic oxidation sites excluding steroid dienone is 4. The van der Waals surface area contributed by atoms with Crippen LogP contribution in [0.15, 0.2) is 34.0 Å². The Bertz CT molecular complexity index is 664. The summed E-state index contributed by atoms with van der Waals surface area (Å²) in [5.74, 6) is 0. The van der Waals surface area contributed by atoms with Gasteiger partial charge in [0.15, 0.2) is 0 Å². The molecule has 1 aromatic rings. The van der Waals surface area contributed by atoms with Crippen LogP contribution >= 0.6 is 0 Å². The maximum absolute atomic E-state index is 4.66. The van der Waals surface area contributed by atoms with Gasteiger partial charge in [-0.15, -0.1) is 0 Å². The minimum atomic E-state index is 1.05. The molecular formula is C19H26N2. The minimum Gasteiger partial charge on any atom is -0.359 e. The first-order valence-electron chi connectivity index (χ1n) is 7.81. The van der Waals surface area contributed by atoms with Gasteiger partial charge in [0.1, 0.15) is 0 Å². The van der Waals surface area contributed by atoms with Crippen molar-refractivity contribution in [1.82, 2.24) is 4.98 Å². The Hall–Kier alpha value is -1.83. The van der Waals surface area contributed by atoms with Crippen LogP contribution in [0.1, 0.15) is 56.6 Å². The average molecular weight is 282 g/mol. The fraction of sp³-hybridized carbons (Fsp3) is 0.421. The first kappa shape index (κ1) is 15.6. The van der Waals surface area contributed by atoms with E-state index in [1.807, 2.05) is 0 Å². The second-order valence-corrected chi connectivity index (χ2v) is 5.69. The third-order valence-corrected chi connectivity index (χ3v) is 4.42. The smallest absolute Gasteiger partial charge is 0.0665 e. The first-order chi connectivity index (χ1) is 9.99. The summed E-state index contributed by atoms with van der Waals surface area (Å²) < 4.78 is 0. The van der Waals surface area contributed by atoms with Crippen molar-refractivity contribution in [3.63, 3.8) is 0 Å². The van der Waals surface area contributed by atoms with Crippen molar-refractivity contribution in [2.24, 2.45) is 4.99 Å².